The van der Waals surface area contributed by atoms with Crippen molar-refractivity contribution in [1.29, 1.82) is 0 Å². The lowest BCUT2D eigenvalue weighted by molar-refractivity contribution is -0.122. The number of hydrogen-bond acceptors (Lipinski definition) is 4. The van der Waals surface area contributed by atoms with E-state index < -0.39 is 10.0 Å². The van der Waals surface area contributed by atoms with E-state index in [0.717, 1.165) is 6.26 Å². The van der Waals surface area contributed by atoms with Crippen LogP contribution in [0, 0.1) is 5.92 Å². The molecule has 0 aliphatic carbocycles. The van der Waals surface area contributed by atoms with Crippen molar-refractivity contribution < 1.29 is 17.9 Å². The van der Waals surface area contributed by atoms with Crippen LogP contribution in [0.4, 0.5) is 5.69 Å². The molecule has 0 bridgehead atoms. The number of benzene rings is 1. The van der Waals surface area contributed by atoms with Crippen LogP contribution in [0.1, 0.15) is 33.6 Å². The Morgan fingerprint density at radius 3 is 2.44 bits per heavy atom. The van der Waals surface area contributed by atoms with Crippen molar-refractivity contribution in [3.05, 3.63) is 23.2 Å². The van der Waals surface area contributed by atoms with Gasteiger partial charge in [-0.15, -0.1) is 0 Å². The molecule has 0 aliphatic heterocycles. The number of hydrogen-bond donors (Lipinski definition) is 1. The number of halogens is 1. The summed E-state index contributed by atoms with van der Waals surface area (Å²) in [5, 5.41) is 3.24. The highest BCUT2D eigenvalue weighted by Gasteiger charge is 2.19. The molecule has 0 saturated heterocycles. The van der Waals surface area contributed by atoms with E-state index in [1.807, 2.05) is 20.8 Å². The highest BCUT2D eigenvalue weighted by atomic mass is 35.5. The molecule has 1 amide bonds. The molecule has 0 unspecified atom stereocenters. The molecule has 8 heteroatoms. The molecule has 0 spiro atoms. The van der Waals surface area contributed by atoms with Crippen molar-refractivity contribution in [3.8, 4) is 5.75 Å². The van der Waals surface area contributed by atoms with Crippen LogP contribution in [0.15, 0.2) is 18.2 Å². The van der Waals surface area contributed by atoms with Gasteiger partial charge in [0, 0.05) is 19.0 Å². The third-order valence-electron chi connectivity index (χ3n) is 3.98. The van der Waals surface area contributed by atoms with Gasteiger partial charge in [-0.25, -0.2) is 8.42 Å². The van der Waals surface area contributed by atoms with Crippen LogP contribution in [-0.4, -0.2) is 40.3 Å². The van der Waals surface area contributed by atoms with E-state index in [2.05, 4.69) is 5.32 Å². The molecule has 142 valence electrons. The van der Waals surface area contributed by atoms with Crippen LogP contribution in [-0.2, 0) is 14.8 Å². The summed E-state index contributed by atoms with van der Waals surface area (Å²) in [5.41, 5.74) is 0.448. The Balaban J connectivity index is 2.76. The molecule has 0 fully saturated rings. The normalized spacial score (nSPS) is 12.8. The topological polar surface area (TPSA) is 75.7 Å². The van der Waals surface area contributed by atoms with E-state index in [-0.39, 0.29) is 24.9 Å². The largest absolute Gasteiger partial charge is 0.495 e. The van der Waals surface area contributed by atoms with Gasteiger partial charge in [0.15, 0.2) is 0 Å². The fourth-order valence-electron chi connectivity index (χ4n) is 2.17. The summed E-state index contributed by atoms with van der Waals surface area (Å²) in [5.74, 6) is 0.737. The first-order chi connectivity index (χ1) is 11.6. The van der Waals surface area contributed by atoms with Crippen molar-refractivity contribution in [2.24, 2.45) is 5.92 Å². The molecule has 25 heavy (non-hydrogen) atoms. The number of methoxy groups -OCH3 is 1. The summed E-state index contributed by atoms with van der Waals surface area (Å²) >= 11 is 6.08. The number of nitrogens with one attached hydrogen (secondary N) is 1. The Kier molecular flexibility index (Phi) is 8.02. The molecule has 1 N–H and O–H groups in total. The Labute approximate surface area is 155 Å². The highest BCUT2D eigenvalue weighted by molar-refractivity contribution is 7.92. The maximum absolute atomic E-state index is 12.1. The second-order valence-corrected chi connectivity index (χ2v) is 8.67. The first-order valence-electron chi connectivity index (χ1n) is 8.17. The zero-order chi connectivity index (χ0) is 19.2. The fourth-order valence-corrected chi connectivity index (χ4v) is 3.38. The van der Waals surface area contributed by atoms with Crippen LogP contribution >= 0.6 is 11.6 Å². The lowest BCUT2D eigenvalue weighted by Gasteiger charge is -2.23. The van der Waals surface area contributed by atoms with E-state index >= 15 is 0 Å². The number of anilines is 1. The van der Waals surface area contributed by atoms with Gasteiger partial charge in [0.1, 0.15) is 5.75 Å². The highest BCUT2D eigenvalue weighted by Crippen LogP contribution is 2.30. The van der Waals surface area contributed by atoms with Crippen LogP contribution < -0.4 is 14.4 Å². The molecule has 6 nitrogen and oxygen atoms in total. The maximum Gasteiger partial charge on any atom is 0.232 e. The smallest absolute Gasteiger partial charge is 0.232 e. The van der Waals surface area contributed by atoms with Crippen molar-refractivity contribution in [1.82, 2.24) is 5.32 Å². The van der Waals surface area contributed by atoms with Crippen molar-refractivity contribution in [2.75, 3.05) is 24.2 Å². The molecule has 1 atom stereocenters. The second kappa shape index (κ2) is 9.29. The first-order valence-corrected chi connectivity index (χ1v) is 10.4. The number of ether oxygens (including phenoxy) is 1. The number of carbonyl (C=O) groups is 1. The zero-order valence-corrected chi connectivity index (χ0v) is 16.9. The average Bonchev–Trinajstić information content (AvgIpc) is 2.50. The molecule has 0 heterocycles. The van der Waals surface area contributed by atoms with E-state index in [1.165, 1.54) is 11.4 Å². The minimum absolute atomic E-state index is 0.0811. The number of carbonyl (C=O) groups excluding carboxylic acids is 1. The standard InChI is InChI=1S/C17H27ClN2O4S/c1-12(2)13(3)19-17(21)7-6-10-20(25(5,22)23)14-8-9-16(24-4)15(18)11-14/h8-9,11-13H,6-7,10H2,1-5H3,(H,19,21)/t13-/m1/s1. The van der Waals surface area contributed by atoms with Gasteiger partial charge < -0.3 is 10.1 Å². The first kappa shape index (κ1) is 21.6. The second-order valence-electron chi connectivity index (χ2n) is 6.36. The van der Waals surface area contributed by atoms with Crippen LogP contribution in [0.25, 0.3) is 0 Å². The molecule has 1 aromatic carbocycles. The number of rotatable bonds is 9. The lowest BCUT2D eigenvalue weighted by atomic mass is 10.1. The van der Waals surface area contributed by atoms with Gasteiger partial charge in [0.05, 0.1) is 24.1 Å². The molecular formula is C17H27ClN2O4S. The Hall–Kier alpha value is -1.47. The number of amides is 1. The average molecular weight is 391 g/mol. The Morgan fingerprint density at radius 1 is 1.32 bits per heavy atom. The van der Waals surface area contributed by atoms with Crippen LogP contribution in [0.2, 0.25) is 5.02 Å². The number of nitrogens with zero attached hydrogens (tertiary/aromatic N) is 1. The van der Waals surface area contributed by atoms with Crippen molar-refractivity contribution >= 4 is 33.2 Å². The van der Waals surface area contributed by atoms with Crippen molar-refractivity contribution in [2.45, 2.75) is 39.7 Å². The SMILES string of the molecule is COc1ccc(N(CCCC(=O)N[C@H](C)C(C)C)S(C)(=O)=O)cc1Cl. The van der Waals surface area contributed by atoms with Gasteiger partial charge in [-0.3, -0.25) is 9.10 Å². The summed E-state index contributed by atoms with van der Waals surface area (Å²) in [4.78, 5) is 11.9. The number of sulfonamides is 1. The molecule has 0 aromatic heterocycles. The lowest BCUT2D eigenvalue weighted by Crippen LogP contribution is -2.37. The van der Waals surface area contributed by atoms with E-state index in [9.17, 15) is 13.2 Å². The predicted molar refractivity (Wildman–Crippen MR) is 102 cm³/mol. The summed E-state index contributed by atoms with van der Waals surface area (Å²) in [6.07, 6.45) is 1.80. The molecule has 1 aromatic rings. The molecule has 0 radical (unpaired) electrons. The Bertz CT molecular complexity index is 692. The summed E-state index contributed by atoms with van der Waals surface area (Å²) in [6, 6.07) is 4.88. The van der Waals surface area contributed by atoms with E-state index in [1.54, 1.807) is 18.2 Å². The van der Waals surface area contributed by atoms with Gasteiger partial charge >= 0.3 is 0 Å². The summed E-state index contributed by atoms with van der Waals surface area (Å²) in [6.45, 7) is 6.21. The quantitative estimate of drug-likeness (QED) is 0.703. The van der Waals surface area contributed by atoms with Crippen molar-refractivity contribution in [3.63, 3.8) is 0 Å². The van der Waals surface area contributed by atoms with Gasteiger partial charge in [-0.1, -0.05) is 25.4 Å². The van der Waals surface area contributed by atoms with Crippen LogP contribution in [0.5, 0.6) is 5.75 Å². The van der Waals surface area contributed by atoms with Crippen LogP contribution in [0.3, 0.4) is 0 Å². The molecule has 0 saturated carbocycles. The summed E-state index contributed by atoms with van der Waals surface area (Å²) in [7, 11) is -1.99. The van der Waals surface area contributed by atoms with Gasteiger partial charge in [-0.2, -0.15) is 0 Å². The summed E-state index contributed by atoms with van der Waals surface area (Å²) < 4.78 is 30.5. The van der Waals surface area contributed by atoms with Gasteiger partial charge in [-0.05, 0) is 37.5 Å². The molecule has 1 rings (SSSR count). The zero-order valence-electron chi connectivity index (χ0n) is 15.4. The van der Waals surface area contributed by atoms with E-state index in [0.29, 0.717) is 28.8 Å². The maximum atomic E-state index is 12.1. The predicted octanol–water partition coefficient (Wildman–Crippen LogP) is 3.06. The fraction of sp³-hybridized carbons (Fsp3) is 0.588. The van der Waals surface area contributed by atoms with Gasteiger partial charge in [0.2, 0.25) is 15.9 Å². The molecule has 0 aliphatic rings. The molecular weight excluding hydrogens is 364 g/mol. The Morgan fingerprint density at radius 2 is 1.96 bits per heavy atom. The van der Waals surface area contributed by atoms with E-state index in [4.69, 9.17) is 16.3 Å². The minimum Gasteiger partial charge on any atom is -0.495 e. The third kappa shape index (κ3) is 6.74. The monoisotopic (exact) mass is 390 g/mol. The van der Waals surface area contributed by atoms with Gasteiger partial charge in [0.25, 0.3) is 0 Å². The third-order valence-corrected chi connectivity index (χ3v) is 5.47. The minimum atomic E-state index is -3.49.